The number of aryl methyl sites for hydroxylation is 1. The summed E-state index contributed by atoms with van der Waals surface area (Å²) in [6, 6.07) is 8.01. The first-order valence-electron chi connectivity index (χ1n) is 5.46. The molecule has 0 heterocycles. The minimum Gasteiger partial charge on any atom is -0.123 e. The largest absolute Gasteiger partial charge is 0.123 e. The lowest BCUT2D eigenvalue weighted by molar-refractivity contribution is 0.544. The fourth-order valence-electron chi connectivity index (χ4n) is 1.60. The van der Waals surface area contributed by atoms with E-state index < -0.39 is 0 Å². The molecule has 84 valence electrons. The van der Waals surface area contributed by atoms with Crippen LogP contribution in [0.3, 0.4) is 0 Å². The van der Waals surface area contributed by atoms with Crippen LogP contribution in [-0.4, -0.2) is 5.38 Å². The lowest BCUT2D eigenvalue weighted by Gasteiger charge is -2.11. The third-order valence-corrected chi connectivity index (χ3v) is 3.04. The van der Waals surface area contributed by atoms with E-state index in [0.717, 1.165) is 24.3 Å². The highest BCUT2D eigenvalue weighted by atomic mass is 35.5. The Morgan fingerprint density at radius 1 is 1.13 bits per heavy atom. The van der Waals surface area contributed by atoms with Gasteiger partial charge in [0.1, 0.15) is 0 Å². The van der Waals surface area contributed by atoms with Gasteiger partial charge in [-0.3, -0.25) is 0 Å². The van der Waals surface area contributed by atoms with E-state index in [4.69, 9.17) is 23.2 Å². The zero-order valence-electron chi connectivity index (χ0n) is 9.34. The molecule has 15 heavy (non-hydrogen) atoms. The minimum absolute atomic E-state index is 0.292. The van der Waals surface area contributed by atoms with E-state index in [1.54, 1.807) is 0 Å². The predicted octanol–water partition coefficient (Wildman–Crippen LogP) is 4.93. The normalized spacial score (nSPS) is 13.1. The zero-order chi connectivity index (χ0) is 11.3. The number of rotatable bonds is 5. The summed E-state index contributed by atoms with van der Waals surface area (Å²) in [5.41, 5.74) is 1.31. The van der Waals surface area contributed by atoms with Crippen LogP contribution in [0.25, 0.3) is 0 Å². The minimum atomic E-state index is 0.292. The molecule has 0 aliphatic heterocycles. The van der Waals surface area contributed by atoms with Gasteiger partial charge in [0.25, 0.3) is 0 Å². The Hall–Kier alpha value is -0.200. The van der Waals surface area contributed by atoms with Crippen molar-refractivity contribution in [1.29, 1.82) is 0 Å². The standard InChI is InChI=1S/C13H18Cl2/c1-10(2)9-13(15)8-5-11-3-6-12(14)7-4-11/h3-4,6-7,10,13H,5,8-9H2,1-2H3. The maximum Gasteiger partial charge on any atom is 0.0406 e. The van der Waals surface area contributed by atoms with Gasteiger partial charge in [-0.05, 0) is 42.9 Å². The Bertz CT molecular complexity index is 277. The number of halogens is 2. The van der Waals surface area contributed by atoms with E-state index in [-0.39, 0.29) is 0 Å². The van der Waals surface area contributed by atoms with Crippen molar-refractivity contribution in [2.24, 2.45) is 5.92 Å². The van der Waals surface area contributed by atoms with E-state index >= 15 is 0 Å². The lowest BCUT2D eigenvalue weighted by Crippen LogP contribution is -2.04. The zero-order valence-corrected chi connectivity index (χ0v) is 10.9. The van der Waals surface area contributed by atoms with Crippen LogP contribution in [0, 0.1) is 5.92 Å². The van der Waals surface area contributed by atoms with Crippen LogP contribution in [0.4, 0.5) is 0 Å². The molecule has 0 aromatic heterocycles. The summed E-state index contributed by atoms with van der Waals surface area (Å²) in [5.74, 6) is 0.678. The Kier molecular flexibility index (Phi) is 5.49. The number of hydrogen-bond donors (Lipinski definition) is 0. The third kappa shape index (κ3) is 5.44. The van der Waals surface area contributed by atoms with Gasteiger partial charge in [0.05, 0.1) is 0 Å². The maximum atomic E-state index is 6.23. The Balaban J connectivity index is 2.33. The van der Waals surface area contributed by atoms with Crippen molar-refractivity contribution in [2.45, 2.75) is 38.5 Å². The Morgan fingerprint density at radius 3 is 2.27 bits per heavy atom. The highest BCUT2D eigenvalue weighted by molar-refractivity contribution is 6.30. The smallest absolute Gasteiger partial charge is 0.0406 e. The lowest BCUT2D eigenvalue weighted by atomic mass is 10.0. The van der Waals surface area contributed by atoms with Crippen molar-refractivity contribution in [3.8, 4) is 0 Å². The highest BCUT2D eigenvalue weighted by Gasteiger charge is 2.07. The molecule has 0 fully saturated rings. The van der Waals surface area contributed by atoms with Gasteiger partial charge < -0.3 is 0 Å². The van der Waals surface area contributed by atoms with E-state index in [2.05, 4.69) is 26.0 Å². The molecule has 0 N–H and O–H groups in total. The molecule has 2 heteroatoms. The summed E-state index contributed by atoms with van der Waals surface area (Å²) in [6.07, 6.45) is 3.18. The fraction of sp³-hybridized carbons (Fsp3) is 0.538. The van der Waals surface area contributed by atoms with Crippen molar-refractivity contribution < 1.29 is 0 Å². The fourth-order valence-corrected chi connectivity index (χ4v) is 2.20. The van der Waals surface area contributed by atoms with Crippen LogP contribution >= 0.6 is 23.2 Å². The van der Waals surface area contributed by atoms with Crippen molar-refractivity contribution in [1.82, 2.24) is 0 Å². The van der Waals surface area contributed by atoms with Crippen molar-refractivity contribution >= 4 is 23.2 Å². The van der Waals surface area contributed by atoms with E-state index in [1.165, 1.54) is 5.56 Å². The summed E-state index contributed by atoms with van der Waals surface area (Å²) in [4.78, 5) is 0. The first-order chi connectivity index (χ1) is 7.08. The third-order valence-electron chi connectivity index (χ3n) is 2.39. The number of benzene rings is 1. The Morgan fingerprint density at radius 2 is 1.73 bits per heavy atom. The second kappa shape index (κ2) is 6.40. The second-order valence-corrected chi connectivity index (χ2v) is 5.45. The molecule has 0 saturated heterocycles. The van der Waals surface area contributed by atoms with E-state index in [1.807, 2.05) is 12.1 Å². The number of alkyl halides is 1. The van der Waals surface area contributed by atoms with Gasteiger partial charge in [0.2, 0.25) is 0 Å². The van der Waals surface area contributed by atoms with Gasteiger partial charge in [-0.1, -0.05) is 37.6 Å². The first kappa shape index (κ1) is 12.9. The molecule has 1 aromatic rings. The van der Waals surface area contributed by atoms with Gasteiger partial charge in [0.15, 0.2) is 0 Å². The predicted molar refractivity (Wildman–Crippen MR) is 68.9 cm³/mol. The average molecular weight is 245 g/mol. The molecule has 0 aliphatic rings. The van der Waals surface area contributed by atoms with Crippen LogP contribution in [-0.2, 0) is 6.42 Å². The van der Waals surface area contributed by atoms with E-state index in [0.29, 0.717) is 11.3 Å². The molecule has 1 unspecified atom stereocenters. The monoisotopic (exact) mass is 244 g/mol. The molecule has 0 aliphatic carbocycles. The molecule has 0 saturated carbocycles. The topological polar surface area (TPSA) is 0 Å². The van der Waals surface area contributed by atoms with Crippen LogP contribution in [0.1, 0.15) is 32.3 Å². The molecule has 0 radical (unpaired) electrons. The summed E-state index contributed by atoms with van der Waals surface area (Å²) in [6.45, 7) is 4.41. The summed E-state index contributed by atoms with van der Waals surface area (Å²) in [7, 11) is 0. The van der Waals surface area contributed by atoms with Crippen LogP contribution in [0.15, 0.2) is 24.3 Å². The Labute approximate surface area is 103 Å². The number of hydrogen-bond acceptors (Lipinski definition) is 0. The molecule has 0 nitrogen and oxygen atoms in total. The first-order valence-corrected chi connectivity index (χ1v) is 6.28. The second-order valence-electron chi connectivity index (χ2n) is 4.39. The van der Waals surface area contributed by atoms with Crippen LogP contribution in [0.2, 0.25) is 5.02 Å². The summed E-state index contributed by atoms with van der Waals surface area (Å²) in [5, 5.41) is 1.09. The van der Waals surface area contributed by atoms with Crippen LogP contribution < -0.4 is 0 Å². The average Bonchev–Trinajstić information content (AvgIpc) is 2.16. The molecule has 0 spiro atoms. The van der Waals surface area contributed by atoms with Crippen molar-refractivity contribution in [3.05, 3.63) is 34.9 Å². The quantitative estimate of drug-likeness (QED) is 0.645. The molecule has 1 rings (SSSR count). The molecule has 0 amide bonds. The van der Waals surface area contributed by atoms with E-state index in [9.17, 15) is 0 Å². The molecule has 0 bridgehead atoms. The maximum absolute atomic E-state index is 6.23. The summed E-state index contributed by atoms with van der Waals surface area (Å²) >= 11 is 12.0. The molecule has 1 aromatic carbocycles. The van der Waals surface area contributed by atoms with Gasteiger partial charge >= 0.3 is 0 Å². The van der Waals surface area contributed by atoms with Crippen LogP contribution in [0.5, 0.6) is 0 Å². The highest BCUT2D eigenvalue weighted by Crippen LogP contribution is 2.17. The van der Waals surface area contributed by atoms with Gasteiger partial charge in [-0.15, -0.1) is 11.6 Å². The van der Waals surface area contributed by atoms with Gasteiger partial charge in [-0.25, -0.2) is 0 Å². The molecule has 1 atom stereocenters. The van der Waals surface area contributed by atoms with Crippen molar-refractivity contribution in [2.75, 3.05) is 0 Å². The summed E-state index contributed by atoms with van der Waals surface area (Å²) < 4.78 is 0. The molecular formula is C13H18Cl2. The molecular weight excluding hydrogens is 227 g/mol. The SMILES string of the molecule is CC(C)CC(Cl)CCc1ccc(Cl)cc1. The van der Waals surface area contributed by atoms with Gasteiger partial charge in [0, 0.05) is 10.4 Å². The van der Waals surface area contributed by atoms with Gasteiger partial charge in [-0.2, -0.15) is 0 Å². The van der Waals surface area contributed by atoms with Crippen molar-refractivity contribution in [3.63, 3.8) is 0 Å².